The number of aryl methyl sites for hydroxylation is 3. The Bertz CT molecular complexity index is 791. The van der Waals surface area contributed by atoms with Gasteiger partial charge in [-0.2, -0.15) is 0 Å². The molecule has 2 N–H and O–H groups in total. The highest BCUT2D eigenvalue weighted by Crippen LogP contribution is 2.23. The maximum atomic E-state index is 12.4. The summed E-state index contributed by atoms with van der Waals surface area (Å²) in [5, 5.41) is 12.4. The van der Waals surface area contributed by atoms with E-state index in [1.807, 2.05) is 25.5 Å². The topological polar surface area (TPSA) is 73.5 Å². The smallest absolute Gasteiger partial charge is 0.234 e. The van der Waals surface area contributed by atoms with Crippen LogP contribution in [0.4, 0.5) is 5.69 Å². The molecule has 7 nitrogen and oxygen atoms in total. The zero-order valence-electron chi connectivity index (χ0n) is 16.5. The first kappa shape index (κ1) is 19.9. The van der Waals surface area contributed by atoms with Crippen molar-refractivity contribution in [3.8, 4) is 0 Å². The van der Waals surface area contributed by atoms with Crippen LogP contribution >= 0.6 is 11.8 Å². The van der Waals surface area contributed by atoms with Gasteiger partial charge in [0.1, 0.15) is 19.6 Å². The van der Waals surface area contributed by atoms with Gasteiger partial charge in [-0.1, -0.05) is 29.5 Å². The van der Waals surface area contributed by atoms with Crippen molar-refractivity contribution in [3.05, 3.63) is 34.6 Å². The van der Waals surface area contributed by atoms with Crippen molar-refractivity contribution in [1.29, 1.82) is 0 Å². The number of amides is 1. The van der Waals surface area contributed by atoms with E-state index in [1.165, 1.54) is 22.2 Å². The van der Waals surface area contributed by atoms with Crippen molar-refractivity contribution in [2.24, 2.45) is 7.05 Å². The van der Waals surface area contributed by atoms with Gasteiger partial charge in [-0.15, -0.1) is 10.2 Å². The van der Waals surface area contributed by atoms with Crippen molar-refractivity contribution in [1.82, 2.24) is 14.8 Å². The third-order valence-electron chi connectivity index (χ3n) is 4.81. The average Bonchev–Trinajstić information content (AvgIpc) is 2.97. The molecule has 3 rings (SSSR count). The Balaban J connectivity index is 1.56. The van der Waals surface area contributed by atoms with Gasteiger partial charge in [0.2, 0.25) is 5.91 Å². The summed E-state index contributed by atoms with van der Waals surface area (Å²) < 4.78 is 7.39. The number of carbonyl (C=O) groups excluding carboxylic acids is 1. The van der Waals surface area contributed by atoms with Gasteiger partial charge in [-0.3, -0.25) is 4.79 Å². The molecular formula is C19H28N5O2S+. The van der Waals surface area contributed by atoms with Gasteiger partial charge in [0.25, 0.3) is 0 Å². The molecule has 1 aliphatic rings. The summed E-state index contributed by atoms with van der Waals surface area (Å²) in [6.45, 7) is 10.5. The Morgan fingerprint density at radius 1 is 1.22 bits per heavy atom. The molecule has 0 saturated carbocycles. The Kier molecular flexibility index (Phi) is 6.51. The normalized spacial score (nSPS) is 15.1. The fraction of sp³-hybridized carbons (Fsp3) is 0.526. The Morgan fingerprint density at radius 3 is 2.56 bits per heavy atom. The molecule has 1 aliphatic heterocycles. The highest BCUT2D eigenvalue weighted by Gasteiger charge is 2.19. The van der Waals surface area contributed by atoms with Crippen molar-refractivity contribution in [3.63, 3.8) is 0 Å². The van der Waals surface area contributed by atoms with Crippen molar-refractivity contribution in [2.45, 2.75) is 32.5 Å². The maximum absolute atomic E-state index is 12.4. The molecule has 1 fully saturated rings. The van der Waals surface area contributed by atoms with E-state index in [0.29, 0.717) is 5.75 Å². The van der Waals surface area contributed by atoms with Gasteiger partial charge >= 0.3 is 0 Å². The number of benzene rings is 1. The molecule has 8 heteroatoms. The molecule has 0 radical (unpaired) electrons. The number of thioether (sulfide) groups is 1. The summed E-state index contributed by atoms with van der Waals surface area (Å²) in [5.41, 5.74) is 4.27. The highest BCUT2D eigenvalue weighted by atomic mass is 32.2. The Morgan fingerprint density at radius 2 is 1.89 bits per heavy atom. The molecular weight excluding hydrogens is 362 g/mol. The predicted molar refractivity (Wildman–Crippen MR) is 106 cm³/mol. The van der Waals surface area contributed by atoms with Crippen LogP contribution in [0.1, 0.15) is 22.5 Å². The molecule has 0 atom stereocenters. The van der Waals surface area contributed by atoms with E-state index in [0.717, 1.165) is 60.6 Å². The van der Waals surface area contributed by atoms with Gasteiger partial charge in [0.05, 0.1) is 19.0 Å². The SMILES string of the molecule is Cc1cc(C)c(NC(=O)CSc2nnc(C[NH+]3CCOCC3)n2C)c(C)c1. The number of rotatable bonds is 6. The van der Waals surface area contributed by atoms with Crippen LogP contribution in [0.2, 0.25) is 0 Å². The first-order chi connectivity index (χ1) is 12.9. The number of quaternary nitrogens is 1. The molecule has 1 aromatic heterocycles. The van der Waals surface area contributed by atoms with E-state index < -0.39 is 0 Å². The number of aromatic nitrogens is 3. The zero-order valence-corrected chi connectivity index (χ0v) is 17.3. The van der Waals surface area contributed by atoms with E-state index >= 15 is 0 Å². The Hall–Kier alpha value is -1.90. The van der Waals surface area contributed by atoms with Crippen LogP contribution in [-0.2, 0) is 23.1 Å². The van der Waals surface area contributed by atoms with Crippen LogP contribution in [0.25, 0.3) is 0 Å². The summed E-state index contributed by atoms with van der Waals surface area (Å²) in [5.74, 6) is 1.22. The molecule has 2 aromatic rings. The maximum Gasteiger partial charge on any atom is 0.234 e. The first-order valence-corrected chi connectivity index (χ1v) is 10.2. The number of nitrogens with zero attached hydrogens (tertiary/aromatic N) is 3. The van der Waals surface area contributed by atoms with E-state index in [9.17, 15) is 4.79 Å². The van der Waals surface area contributed by atoms with E-state index in [4.69, 9.17) is 4.74 Å². The summed E-state index contributed by atoms with van der Waals surface area (Å²) in [6.07, 6.45) is 0. The van der Waals surface area contributed by atoms with E-state index in [2.05, 4.69) is 34.6 Å². The van der Waals surface area contributed by atoms with Crippen LogP contribution in [0.5, 0.6) is 0 Å². The van der Waals surface area contributed by atoms with Crippen LogP contribution in [0.15, 0.2) is 17.3 Å². The summed E-state index contributed by atoms with van der Waals surface area (Å²) >= 11 is 1.42. The average molecular weight is 391 g/mol. The number of carbonyl (C=O) groups is 1. The lowest BCUT2D eigenvalue weighted by Gasteiger charge is -2.23. The van der Waals surface area contributed by atoms with Gasteiger partial charge in [-0.25, -0.2) is 0 Å². The van der Waals surface area contributed by atoms with Crippen LogP contribution in [-0.4, -0.2) is 52.7 Å². The molecule has 0 spiro atoms. The lowest BCUT2D eigenvalue weighted by atomic mass is 10.1. The molecule has 27 heavy (non-hydrogen) atoms. The molecule has 1 aromatic carbocycles. The quantitative estimate of drug-likeness (QED) is 0.717. The third-order valence-corrected chi connectivity index (χ3v) is 5.83. The van der Waals surface area contributed by atoms with Gasteiger partial charge in [0, 0.05) is 12.7 Å². The lowest BCUT2D eigenvalue weighted by molar-refractivity contribution is -0.922. The Labute approximate surface area is 164 Å². The number of morpholine rings is 1. The second-order valence-corrected chi connectivity index (χ2v) is 8.05. The number of anilines is 1. The molecule has 1 saturated heterocycles. The van der Waals surface area contributed by atoms with Crippen LogP contribution < -0.4 is 10.2 Å². The fourth-order valence-electron chi connectivity index (χ4n) is 3.37. The van der Waals surface area contributed by atoms with Gasteiger partial charge in [-0.05, 0) is 31.9 Å². The van der Waals surface area contributed by atoms with Gasteiger partial charge < -0.3 is 19.5 Å². The molecule has 0 aliphatic carbocycles. The van der Waals surface area contributed by atoms with Crippen LogP contribution in [0.3, 0.4) is 0 Å². The second-order valence-electron chi connectivity index (χ2n) is 7.11. The minimum absolute atomic E-state index is 0.0293. The van der Waals surface area contributed by atoms with Crippen molar-refractivity contribution >= 4 is 23.4 Å². The number of hydrogen-bond acceptors (Lipinski definition) is 5. The molecule has 1 amide bonds. The number of nitrogens with one attached hydrogen (secondary N) is 2. The standard InChI is InChI=1S/C19H27N5O2S/c1-13-9-14(2)18(15(3)10-13)20-17(25)12-27-19-22-21-16(23(19)4)11-24-5-7-26-8-6-24/h9-10H,5-8,11-12H2,1-4H3,(H,20,25)/p+1. The highest BCUT2D eigenvalue weighted by molar-refractivity contribution is 7.99. The van der Waals surface area contributed by atoms with Crippen LogP contribution in [0, 0.1) is 20.8 Å². The van der Waals surface area contributed by atoms with E-state index in [1.54, 1.807) is 0 Å². The van der Waals surface area contributed by atoms with Crippen molar-refractivity contribution in [2.75, 3.05) is 37.4 Å². The molecule has 0 unspecified atom stereocenters. The molecule has 2 heterocycles. The largest absolute Gasteiger partial charge is 0.370 e. The summed E-state index contributed by atoms with van der Waals surface area (Å²) in [6, 6.07) is 4.16. The monoisotopic (exact) mass is 390 g/mol. The molecule has 0 bridgehead atoms. The molecule has 146 valence electrons. The lowest BCUT2D eigenvalue weighted by Crippen LogP contribution is -3.12. The third kappa shape index (κ3) is 5.09. The first-order valence-electron chi connectivity index (χ1n) is 9.24. The van der Waals surface area contributed by atoms with Gasteiger partial charge in [0.15, 0.2) is 11.0 Å². The second kappa shape index (κ2) is 8.86. The van der Waals surface area contributed by atoms with Crippen molar-refractivity contribution < 1.29 is 14.4 Å². The minimum atomic E-state index is -0.0293. The summed E-state index contributed by atoms with van der Waals surface area (Å²) in [7, 11) is 1.96. The zero-order chi connectivity index (χ0) is 19.4. The number of hydrogen-bond donors (Lipinski definition) is 2. The minimum Gasteiger partial charge on any atom is -0.370 e. The predicted octanol–water partition coefficient (Wildman–Crippen LogP) is 0.886. The number of ether oxygens (including phenoxy) is 1. The van der Waals surface area contributed by atoms with E-state index in [-0.39, 0.29) is 5.91 Å². The fourth-order valence-corrected chi connectivity index (χ4v) is 4.10. The summed E-state index contributed by atoms with van der Waals surface area (Å²) in [4.78, 5) is 13.9.